The van der Waals surface area contributed by atoms with Crippen molar-refractivity contribution in [1.82, 2.24) is 4.57 Å². The van der Waals surface area contributed by atoms with E-state index in [1.165, 1.54) is 127 Å². The topological polar surface area (TPSA) is 8.17 Å². The van der Waals surface area contributed by atoms with Crippen LogP contribution in [0.15, 0.2) is 261 Å². The zero-order valence-electron chi connectivity index (χ0n) is 54.8. The van der Waals surface area contributed by atoms with Gasteiger partial charge in [-0.05, 0) is 169 Å². The third kappa shape index (κ3) is 9.96. The maximum atomic E-state index is 2.73. The molecule has 0 spiro atoms. The molecular formula is C88H79BN2. The molecule has 3 heterocycles. The van der Waals surface area contributed by atoms with Gasteiger partial charge in [-0.25, -0.2) is 0 Å². The number of anilines is 3. The van der Waals surface area contributed by atoms with Crippen molar-refractivity contribution in [3.8, 4) is 61.3 Å². The average molecular weight is 1180 g/mol. The molecule has 1 aromatic heterocycles. The van der Waals surface area contributed by atoms with Gasteiger partial charge in [-0.15, -0.1) is 0 Å². The van der Waals surface area contributed by atoms with Crippen LogP contribution in [0.4, 0.5) is 17.1 Å². The molecule has 0 radical (unpaired) electrons. The van der Waals surface area contributed by atoms with E-state index in [1.54, 1.807) is 0 Å². The van der Waals surface area contributed by atoms with E-state index in [4.69, 9.17) is 0 Å². The predicted octanol–water partition coefficient (Wildman–Crippen LogP) is 22.4. The lowest BCUT2D eigenvalue weighted by atomic mass is 9.33. The van der Waals surface area contributed by atoms with Crippen LogP contribution >= 0.6 is 0 Å². The van der Waals surface area contributed by atoms with Crippen LogP contribution in [0.1, 0.15) is 105 Å². The molecule has 15 rings (SSSR count). The molecule has 0 saturated carbocycles. The number of hydrogen-bond donors (Lipinski definition) is 0. The van der Waals surface area contributed by atoms with E-state index in [1.807, 2.05) is 0 Å². The third-order valence-electron chi connectivity index (χ3n) is 19.6. The van der Waals surface area contributed by atoms with Crippen LogP contribution in [0.2, 0.25) is 0 Å². The summed E-state index contributed by atoms with van der Waals surface area (Å²) in [5.74, 6) is 0. The lowest BCUT2D eigenvalue weighted by Gasteiger charge is -2.43. The van der Waals surface area contributed by atoms with E-state index in [-0.39, 0.29) is 28.4 Å². The standard InChI is InChI=1S/C88H79BN2/c1-85(2,3)64-43-40-57(41-44-64)63-50-75-71-37-25-23-35-69(71)68-34-22-24-36-70(68)72-38-26-27-39-78(72)90-80-54-67(88(10,11)12)55-81-82(80)89(77(51-63)84(75)90)76-45-42-60(61-46-65(86(4,5)6)53-66(47-61)87(7,8)9)52-79(76)91(81)83-73(58-30-18-14-19-31-58)48-62(56-28-16-13-17-29-56)49-74(83)59-32-20-15-21-33-59/h13-55H,1-12H3. The maximum absolute atomic E-state index is 2.73. The molecule has 0 saturated heterocycles. The lowest BCUT2D eigenvalue weighted by molar-refractivity contribution is 0.569. The van der Waals surface area contributed by atoms with E-state index < -0.39 is 0 Å². The Kier molecular flexibility index (Phi) is 13.6. The van der Waals surface area contributed by atoms with Crippen molar-refractivity contribution in [2.24, 2.45) is 0 Å². The Bertz CT molecular complexity index is 5020. The van der Waals surface area contributed by atoms with Gasteiger partial charge in [0.15, 0.2) is 0 Å². The van der Waals surface area contributed by atoms with Crippen LogP contribution in [0, 0.1) is 0 Å². The largest absolute Gasteiger partial charge is 0.310 e. The molecule has 0 N–H and O–H groups in total. The van der Waals surface area contributed by atoms with Crippen molar-refractivity contribution in [2.45, 2.75) is 105 Å². The summed E-state index contributed by atoms with van der Waals surface area (Å²) in [6, 6.07) is 100. The van der Waals surface area contributed by atoms with Gasteiger partial charge in [0, 0.05) is 44.5 Å². The number of fused-ring (bicyclic) bond motifs is 11. The highest BCUT2D eigenvalue weighted by Gasteiger charge is 2.44. The molecule has 2 aliphatic rings. The second kappa shape index (κ2) is 21.5. The summed E-state index contributed by atoms with van der Waals surface area (Å²) in [4.78, 5) is 2.73. The number of rotatable bonds is 6. The number of para-hydroxylation sites is 1. The normalized spacial score (nSPS) is 13.0. The molecule has 91 heavy (non-hydrogen) atoms. The third-order valence-corrected chi connectivity index (χ3v) is 19.6. The molecule has 0 bridgehead atoms. The Balaban J connectivity index is 1.18. The first-order valence-corrected chi connectivity index (χ1v) is 32.7. The summed E-state index contributed by atoms with van der Waals surface area (Å²) in [6.45, 7) is 28.0. The van der Waals surface area contributed by atoms with Gasteiger partial charge in [-0.3, -0.25) is 0 Å². The number of hydrogen-bond acceptors (Lipinski definition) is 1. The Morgan fingerprint density at radius 3 is 1.22 bits per heavy atom. The van der Waals surface area contributed by atoms with Crippen molar-refractivity contribution < 1.29 is 0 Å². The van der Waals surface area contributed by atoms with Gasteiger partial charge >= 0.3 is 0 Å². The quantitative estimate of drug-likeness (QED) is 0.151. The van der Waals surface area contributed by atoms with Crippen molar-refractivity contribution in [3.05, 3.63) is 283 Å². The van der Waals surface area contributed by atoms with Gasteiger partial charge in [-0.2, -0.15) is 0 Å². The van der Waals surface area contributed by atoms with Crippen LogP contribution in [-0.2, 0) is 21.7 Å². The first kappa shape index (κ1) is 57.7. The second-order valence-corrected chi connectivity index (χ2v) is 29.8. The van der Waals surface area contributed by atoms with Gasteiger partial charge in [-0.1, -0.05) is 301 Å². The summed E-state index contributed by atoms with van der Waals surface area (Å²) in [6.07, 6.45) is 0. The van der Waals surface area contributed by atoms with Crippen LogP contribution in [0.25, 0.3) is 105 Å². The fourth-order valence-corrected chi connectivity index (χ4v) is 14.6. The number of benzene rings is 12. The Morgan fingerprint density at radius 1 is 0.264 bits per heavy atom. The van der Waals surface area contributed by atoms with Crippen LogP contribution < -0.4 is 21.3 Å². The van der Waals surface area contributed by atoms with E-state index in [0.29, 0.717) is 0 Å². The fourth-order valence-electron chi connectivity index (χ4n) is 14.6. The molecule has 0 fully saturated rings. The predicted molar refractivity (Wildman–Crippen MR) is 395 cm³/mol. The van der Waals surface area contributed by atoms with Crippen LogP contribution in [0.3, 0.4) is 0 Å². The minimum Gasteiger partial charge on any atom is -0.310 e. The van der Waals surface area contributed by atoms with Crippen LogP contribution in [0.5, 0.6) is 0 Å². The summed E-state index contributed by atoms with van der Waals surface area (Å²) in [5.41, 5.74) is 27.5. The molecule has 2 nitrogen and oxygen atoms in total. The zero-order valence-corrected chi connectivity index (χ0v) is 54.8. The highest BCUT2D eigenvalue weighted by atomic mass is 15.2. The first-order valence-electron chi connectivity index (χ1n) is 32.7. The fraction of sp³-hybridized carbons (Fsp3) is 0.182. The molecule has 0 aliphatic carbocycles. The Morgan fingerprint density at radius 2 is 0.681 bits per heavy atom. The monoisotopic (exact) mass is 1170 g/mol. The Hall–Kier alpha value is -9.70. The van der Waals surface area contributed by atoms with Crippen molar-refractivity contribution in [3.63, 3.8) is 0 Å². The molecule has 12 aromatic carbocycles. The van der Waals surface area contributed by atoms with Crippen molar-refractivity contribution >= 4 is 83.5 Å². The molecule has 0 atom stereocenters. The average Bonchev–Trinajstić information content (AvgIpc) is 1.45. The minimum absolute atomic E-state index is 0.00255. The summed E-state index contributed by atoms with van der Waals surface area (Å²) in [7, 11) is 0. The van der Waals surface area contributed by atoms with Gasteiger partial charge in [0.1, 0.15) is 0 Å². The highest BCUT2D eigenvalue weighted by Crippen LogP contribution is 2.52. The zero-order chi connectivity index (χ0) is 62.9. The van der Waals surface area contributed by atoms with Gasteiger partial charge in [0.25, 0.3) is 6.71 Å². The smallest absolute Gasteiger partial charge is 0.252 e. The van der Waals surface area contributed by atoms with E-state index in [2.05, 4.69) is 353 Å². The van der Waals surface area contributed by atoms with E-state index in [9.17, 15) is 0 Å². The highest BCUT2D eigenvalue weighted by molar-refractivity contribution is 7.00. The van der Waals surface area contributed by atoms with Crippen molar-refractivity contribution in [2.75, 3.05) is 4.90 Å². The van der Waals surface area contributed by atoms with Crippen molar-refractivity contribution in [1.29, 1.82) is 0 Å². The summed E-state index contributed by atoms with van der Waals surface area (Å²) < 4.78 is 2.70. The summed E-state index contributed by atoms with van der Waals surface area (Å²) >= 11 is 0. The molecule has 13 aromatic rings. The lowest BCUT2D eigenvalue weighted by Crippen LogP contribution is -2.60. The molecule has 0 unspecified atom stereocenters. The molecular weight excluding hydrogens is 1100 g/mol. The molecule has 444 valence electrons. The van der Waals surface area contributed by atoms with Gasteiger partial charge < -0.3 is 9.47 Å². The minimum atomic E-state index is -0.266. The van der Waals surface area contributed by atoms with Gasteiger partial charge in [0.05, 0.1) is 11.2 Å². The SMILES string of the molecule is CC(C)(C)c1ccc(-c2cc3c4c(c2)c2ccccc2c2ccccc2c2ccccc2n4-c2cc(C(C)(C)C)cc4c2B3c2ccc(-c3cc(C(C)(C)C)cc(C(C)(C)C)c3)cc2N4c2c(-c3ccccc3)cc(-c3ccccc3)cc2-c2ccccc2)cc1. The Labute approximate surface area is 538 Å². The molecule has 2 aliphatic heterocycles. The number of nitrogens with zero attached hydrogens (tertiary/aromatic N) is 2. The summed E-state index contributed by atoms with van der Waals surface area (Å²) in [5, 5.41) is 7.28. The van der Waals surface area contributed by atoms with Gasteiger partial charge in [0.2, 0.25) is 0 Å². The van der Waals surface area contributed by atoms with Crippen LogP contribution in [-0.4, -0.2) is 11.3 Å². The van der Waals surface area contributed by atoms with E-state index in [0.717, 1.165) is 33.5 Å². The first-order chi connectivity index (χ1) is 43.7. The van der Waals surface area contributed by atoms with E-state index >= 15 is 0 Å². The number of aromatic nitrogens is 1. The molecule has 3 heteroatoms. The second-order valence-electron chi connectivity index (χ2n) is 29.8. The maximum Gasteiger partial charge on any atom is 0.252 e. The molecule has 0 amide bonds.